The minimum Gasteiger partial charge on any atom is -0.370 e. The van der Waals surface area contributed by atoms with Crippen molar-refractivity contribution in [2.45, 2.75) is 51.5 Å². The van der Waals surface area contributed by atoms with Crippen LogP contribution in [0.15, 0.2) is 24.3 Å². The minimum absolute atomic E-state index is 0.219. The summed E-state index contributed by atoms with van der Waals surface area (Å²) in [6.07, 6.45) is 4.27. The Morgan fingerprint density at radius 3 is 2.68 bits per heavy atom. The van der Waals surface area contributed by atoms with E-state index in [0.717, 1.165) is 36.4 Å². The Morgan fingerprint density at radius 1 is 1.25 bits per heavy atom. The molecule has 1 saturated carbocycles. The van der Waals surface area contributed by atoms with Gasteiger partial charge in [0, 0.05) is 25.3 Å². The summed E-state index contributed by atoms with van der Waals surface area (Å²) in [5.74, 6) is -0.557. The average Bonchev–Trinajstić information content (AvgIpc) is 2.90. The minimum atomic E-state index is -0.778. The second kappa shape index (κ2) is 8.63. The molecular weight excluding hydrogens is 356 g/mol. The summed E-state index contributed by atoms with van der Waals surface area (Å²) in [5.41, 5.74) is 1.53. The van der Waals surface area contributed by atoms with Crippen LogP contribution in [0.4, 0.5) is 10.5 Å². The topological polar surface area (TPSA) is 81.8 Å². The van der Waals surface area contributed by atoms with E-state index >= 15 is 0 Å². The van der Waals surface area contributed by atoms with Crippen molar-refractivity contribution in [3.63, 3.8) is 0 Å². The number of carbonyl (C=O) groups excluding carboxylic acids is 3. The van der Waals surface area contributed by atoms with Crippen LogP contribution >= 0.6 is 0 Å². The van der Waals surface area contributed by atoms with E-state index in [1.807, 2.05) is 6.07 Å². The first kappa shape index (κ1) is 20.2. The second-order valence-electron chi connectivity index (χ2n) is 7.73. The molecule has 2 fully saturated rings. The maximum absolute atomic E-state index is 12.7. The number of likely N-dealkylation sites (N-methyl/N-ethyl adjacent to an activating group) is 1. The number of urea groups is 1. The molecule has 1 aromatic rings. The van der Waals surface area contributed by atoms with Gasteiger partial charge < -0.3 is 15.5 Å². The van der Waals surface area contributed by atoms with Crippen LogP contribution in [0.2, 0.25) is 0 Å². The second-order valence-corrected chi connectivity index (χ2v) is 7.73. The summed E-state index contributed by atoms with van der Waals surface area (Å²) >= 11 is 0. The van der Waals surface area contributed by atoms with Gasteiger partial charge in [0.15, 0.2) is 0 Å². The molecule has 0 atom stereocenters. The number of aryl methyl sites for hydroxylation is 1. The molecule has 3 rings (SSSR count). The average molecular weight is 386 g/mol. The number of imide groups is 1. The molecule has 0 radical (unpaired) electrons. The van der Waals surface area contributed by atoms with Crippen molar-refractivity contribution in [2.75, 3.05) is 31.1 Å². The van der Waals surface area contributed by atoms with Crippen LogP contribution in [0.1, 0.15) is 44.6 Å². The molecule has 0 aromatic heterocycles. The Hall–Kier alpha value is -2.57. The van der Waals surface area contributed by atoms with E-state index in [2.05, 4.69) is 47.6 Å². The highest BCUT2D eigenvalue weighted by atomic mass is 16.2. The molecule has 0 bridgehead atoms. The first-order valence-electron chi connectivity index (χ1n) is 10.2. The van der Waals surface area contributed by atoms with Gasteiger partial charge in [-0.15, -0.1) is 0 Å². The fraction of sp³-hybridized carbons (Fsp3) is 0.571. The van der Waals surface area contributed by atoms with Crippen molar-refractivity contribution in [3.05, 3.63) is 29.8 Å². The molecule has 1 aliphatic carbocycles. The van der Waals surface area contributed by atoms with Crippen molar-refractivity contribution >= 4 is 23.5 Å². The molecule has 1 saturated heterocycles. The van der Waals surface area contributed by atoms with Crippen LogP contribution in [0.3, 0.4) is 0 Å². The normalized spacial score (nSPS) is 18.3. The highest BCUT2D eigenvalue weighted by molar-refractivity contribution is 6.09. The lowest BCUT2D eigenvalue weighted by atomic mass is 9.82. The molecule has 1 aliphatic heterocycles. The summed E-state index contributed by atoms with van der Waals surface area (Å²) in [4.78, 5) is 40.5. The highest BCUT2D eigenvalue weighted by Crippen LogP contribution is 2.33. The quantitative estimate of drug-likeness (QED) is 0.704. The maximum atomic E-state index is 12.7. The van der Waals surface area contributed by atoms with Crippen molar-refractivity contribution in [3.8, 4) is 0 Å². The largest absolute Gasteiger partial charge is 0.370 e. The van der Waals surface area contributed by atoms with E-state index in [1.54, 1.807) is 0 Å². The fourth-order valence-electron chi connectivity index (χ4n) is 4.14. The smallest absolute Gasteiger partial charge is 0.325 e. The van der Waals surface area contributed by atoms with Gasteiger partial charge in [-0.25, -0.2) is 4.79 Å². The molecule has 28 heavy (non-hydrogen) atoms. The Kier molecular flexibility index (Phi) is 6.21. The van der Waals surface area contributed by atoms with Crippen LogP contribution in [0, 0.1) is 6.92 Å². The molecular formula is C21H30N4O3. The number of nitrogens with zero attached hydrogens (tertiary/aromatic N) is 2. The fourth-order valence-corrected chi connectivity index (χ4v) is 4.14. The van der Waals surface area contributed by atoms with E-state index in [9.17, 15) is 14.4 Å². The SMILES string of the molecule is CCN(CCNC(=O)CN1C(=O)NC2(CCCCC2)C1=O)c1cccc(C)c1. The molecule has 1 heterocycles. The number of hydrogen-bond donors (Lipinski definition) is 2. The zero-order valence-corrected chi connectivity index (χ0v) is 16.8. The van der Waals surface area contributed by atoms with Crippen LogP contribution in [0.5, 0.6) is 0 Å². The van der Waals surface area contributed by atoms with Crippen molar-refractivity contribution < 1.29 is 14.4 Å². The highest BCUT2D eigenvalue weighted by Gasteiger charge is 2.51. The summed E-state index contributed by atoms with van der Waals surface area (Å²) < 4.78 is 0. The molecule has 0 unspecified atom stereocenters. The molecule has 2 N–H and O–H groups in total. The lowest BCUT2D eigenvalue weighted by Gasteiger charge is -2.30. The van der Waals surface area contributed by atoms with Gasteiger partial charge in [0.05, 0.1) is 0 Å². The molecule has 7 nitrogen and oxygen atoms in total. The third-order valence-electron chi connectivity index (χ3n) is 5.71. The zero-order chi connectivity index (χ0) is 20.1. The number of nitrogens with one attached hydrogen (secondary N) is 2. The molecule has 7 heteroatoms. The number of hydrogen-bond acceptors (Lipinski definition) is 4. The van der Waals surface area contributed by atoms with Gasteiger partial charge in [0.1, 0.15) is 12.1 Å². The number of carbonyl (C=O) groups is 3. The number of amides is 4. The van der Waals surface area contributed by atoms with Gasteiger partial charge in [-0.05, 0) is 44.4 Å². The summed E-state index contributed by atoms with van der Waals surface area (Å²) in [7, 11) is 0. The van der Waals surface area contributed by atoms with Crippen molar-refractivity contribution in [1.82, 2.24) is 15.5 Å². The van der Waals surface area contributed by atoms with Crippen molar-refractivity contribution in [1.29, 1.82) is 0 Å². The van der Waals surface area contributed by atoms with E-state index < -0.39 is 11.6 Å². The third kappa shape index (κ3) is 4.29. The van der Waals surface area contributed by atoms with Gasteiger partial charge in [0.25, 0.3) is 5.91 Å². The van der Waals surface area contributed by atoms with E-state index in [4.69, 9.17) is 0 Å². The van der Waals surface area contributed by atoms with Crippen molar-refractivity contribution in [2.24, 2.45) is 0 Å². The zero-order valence-electron chi connectivity index (χ0n) is 16.8. The molecule has 152 valence electrons. The standard InChI is InChI=1S/C21H30N4O3/c1-3-24(17-9-7-8-16(2)14-17)13-12-22-18(26)15-25-19(27)21(23-20(25)28)10-5-4-6-11-21/h7-9,14H,3-6,10-13,15H2,1-2H3,(H,22,26)(H,23,28). The van der Waals surface area contributed by atoms with Crippen LogP contribution in [-0.2, 0) is 9.59 Å². The van der Waals surface area contributed by atoms with E-state index in [1.165, 1.54) is 5.56 Å². The van der Waals surface area contributed by atoms with Gasteiger partial charge in [0.2, 0.25) is 5.91 Å². The molecule has 2 aliphatic rings. The number of anilines is 1. The van der Waals surface area contributed by atoms with Crippen LogP contribution in [0.25, 0.3) is 0 Å². The molecule has 4 amide bonds. The van der Waals surface area contributed by atoms with Gasteiger partial charge >= 0.3 is 6.03 Å². The Morgan fingerprint density at radius 2 is 2.00 bits per heavy atom. The first-order valence-corrected chi connectivity index (χ1v) is 10.2. The lowest BCUT2D eigenvalue weighted by molar-refractivity contribution is -0.135. The predicted octanol–water partition coefficient (Wildman–Crippen LogP) is 2.19. The Balaban J connectivity index is 1.50. The van der Waals surface area contributed by atoms with E-state index in [-0.39, 0.29) is 18.4 Å². The number of benzene rings is 1. The first-order chi connectivity index (χ1) is 13.4. The monoisotopic (exact) mass is 386 g/mol. The van der Waals surface area contributed by atoms with Gasteiger partial charge in [-0.2, -0.15) is 0 Å². The van der Waals surface area contributed by atoms with Crippen LogP contribution in [-0.4, -0.2) is 54.5 Å². The third-order valence-corrected chi connectivity index (χ3v) is 5.71. The lowest BCUT2D eigenvalue weighted by Crippen LogP contribution is -2.49. The van der Waals surface area contributed by atoms with Gasteiger partial charge in [-0.3, -0.25) is 14.5 Å². The summed E-state index contributed by atoms with van der Waals surface area (Å²) in [6, 6.07) is 7.79. The van der Waals surface area contributed by atoms with E-state index in [0.29, 0.717) is 25.9 Å². The van der Waals surface area contributed by atoms with Gasteiger partial charge in [-0.1, -0.05) is 31.4 Å². The molecule has 1 aromatic carbocycles. The Bertz CT molecular complexity index is 743. The van der Waals surface area contributed by atoms with Crippen LogP contribution < -0.4 is 15.5 Å². The maximum Gasteiger partial charge on any atom is 0.325 e. The summed E-state index contributed by atoms with van der Waals surface area (Å²) in [5, 5.41) is 5.67. The number of rotatable bonds is 7. The predicted molar refractivity (Wildman–Crippen MR) is 108 cm³/mol. The molecule has 1 spiro atoms. The Labute approximate surface area is 166 Å². The summed E-state index contributed by atoms with van der Waals surface area (Å²) in [6.45, 7) is 5.85.